The molecule has 1 saturated heterocycles. The molecule has 2 aliphatic rings. The number of rotatable bonds is 2. The first-order valence-corrected chi connectivity index (χ1v) is 8.54. The van der Waals surface area contributed by atoms with Crippen molar-refractivity contribution in [3.05, 3.63) is 42.4 Å². The maximum Gasteiger partial charge on any atom is 0.411 e. The fourth-order valence-electron chi connectivity index (χ4n) is 3.55. The largest absolute Gasteiger partial charge is 0.444 e. The second-order valence-electron chi connectivity index (χ2n) is 7.75. The van der Waals surface area contributed by atoms with Crippen LogP contribution in [0.4, 0.5) is 4.79 Å². The van der Waals surface area contributed by atoms with Gasteiger partial charge < -0.3 is 9.72 Å². The van der Waals surface area contributed by atoms with E-state index >= 15 is 0 Å². The number of carbonyl (C=O) groups is 1. The minimum atomic E-state index is -0.479. The number of fused-ring (bicyclic) bond motifs is 1. The fraction of sp³-hybridized carbons (Fsp3) is 0.474. The van der Waals surface area contributed by atoms with E-state index in [9.17, 15) is 4.79 Å². The number of aromatic amines is 1. The topological polar surface area (TPSA) is 58.2 Å². The van der Waals surface area contributed by atoms with Crippen molar-refractivity contribution in [1.29, 1.82) is 0 Å². The predicted octanol–water partition coefficient (Wildman–Crippen LogP) is 4.15. The number of ether oxygens (including phenoxy) is 1. The number of hydrogen-bond acceptors (Lipinski definition) is 3. The number of nitrogens with one attached hydrogen (secondary N) is 1. The van der Waals surface area contributed by atoms with Crippen molar-refractivity contribution >= 4 is 6.09 Å². The molecule has 1 N–H and O–H groups in total. The van der Waals surface area contributed by atoms with E-state index in [1.54, 1.807) is 0 Å². The van der Waals surface area contributed by atoms with E-state index in [1.807, 2.05) is 50.1 Å². The molecule has 24 heavy (non-hydrogen) atoms. The average Bonchev–Trinajstić information content (AvgIpc) is 2.98. The van der Waals surface area contributed by atoms with Crippen molar-refractivity contribution < 1.29 is 9.53 Å². The maximum absolute atomic E-state index is 12.6. The number of H-pyrrole nitrogens is 1. The van der Waals surface area contributed by atoms with Gasteiger partial charge in [0.1, 0.15) is 11.4 Å². The highest BCUT2D eigenvalue weighted by Crippen LogP contribution is 2.53. The fourth-order valence-corrected chi connectivity index (χ4v) is 3.55. The van der Waals surface area contributed by atoms with Gasteiger partial charge in [-0.05, 0) is 45.1 Å². The third-order valence-corrected chi connectivity index (χ3v) is 4.70. The van der Waals surface area contributed by atoms with Gasteiger partial charge in [0.2, 0.25) is 0 Å². The van der Waals surface area contributed by atoms with Gasteiger partial charge in [-0.1, -0.05) is 30.3 Å². The van der Waals surface area contributed by atoms with Crippen LogP contribution in [0.25, 0.3) is 11.3 Å². The molecular weight excluding hydrogens is 302 g/mol. The Morgan fingerprint density at radius 2 is 2.00 bits per heavy atom. The van der Waals surface area contributed by atoms with Crippen molar-refractivity contribution in [2.24, 2.45) is 5.92 Å². The predicted molar refractivity (Wildman–Crippen MR) is 91.3 cm³/mol. The third-order valence-electron chi connectivity index (χ3n) is 4.70. The van der Waals surface area contributed by atoms with Crippen LogP contribution in [-0.4, -0.2) is 32.6 Å². The summed E-state index contributed by atoms with van der Waals surface area (Å²) < 4.78 is 5.61. The summed E-state index contributed by atoms with van der Waals surface area (Å²) in [6, 6.07) is 10.4. The van der Waals surface area contributed by atoms with Gasteiger partial charge in [-0.25, -0.2) is 9.78 Å². The number of piperidine rings is 1. The number of carbonyl (C=O) groups excluding carboxylic acids is 1. The van der Waals surface area contributed by atoms with E-state index in [0.717, 1.165) is 29.9 Å². The molecule has 1 aliphatic heterocycles. The van der Waals surface area contributed by atoms with Crippen molar-refractivity contribution in [2.75, 3.05) is 0 Å². The highest BCUT2D eigenvalue weighted by Gasteiger charge is 2.56. The molecule has 1 aliphatic carbocycles. The van der Waals surface area contributed by atoms with Crippen LogP contribution in [0.3, 0.4) is 0 Å². The lowest BCUT2D eigenvalue weighted by molar-refractivity contribution is 0.0175. The Labute approximate surface area is 142 Å². The van der Waals surface area contributed by atoms with Crippen LogP contribution >= 0.6 is 0 Å². The normalized spacial score (nSPS) is 25.5. The molecule has 1 amide bonds. The number of likely N-dealkylation sites (tertiary alicyclic amines) is 1. The molecule has 1 aromatic heterocycles. The second-order valence-corrected chi connectivity index (χ2v) is 7.75. The maximum atomic E-state index is 12.6. The average molecular weight is 325 g/mol. The first-order valence-electron chi connectivity index (χ1n) is 8.54. The summed E-state index contributed by atoms with van der Waals surface area (Å²) >= 11 is 0. The summed E-state index contributed by atoms with van der Waals surface area (Å²) in [6.45, 7) is 5.71. The van der Waals surface area contributed by atoms with Crippen LogP contribution in [0.1, 0.15) is 45.5 Å². The molecule has 5 heteroatoms. The van der Waals surface area contributed by atoms with Crippen LogP contribution < -0.4 is 0 Å². The molecule has 1 aromatic carbocycles. The van der Waals surface area contributed by atoms with Gasteiger partial charge in [0.25, 0.3) is 0 Å². The second kappa shape index (κ2) is 5.36. The zero-order valence-corrected chi connectivity index (χ0v) is 14.3. The summed E-state index contributed by atoms with van der Waals surface area (Å²) in [5.74, 6) is 1.44. The van der Waals surface area contributed by atoms with E-state index < -0.39 is 5.60 Å². The minimum Gasteiger partial charge on any atom is -0.444 e. The Kier molecular flexibility index (Phi) is 3.41. The molecule has 126 valence electrons. The van der Waals surface area contributed by atoms with Gasteiger partial charge in [0, 0.05) is 6.04 Å². The number of benzene rings is 1. The van der Waals surface area contributed by atoms with Gasteiger partial charge >= 0.3 is 6.09 Å². The molecular formula is C19H23N3O2. The number of amides is 1. The van der Waals surface area contributed by atoms with Crippen molar-refractivity contribution in [1.82, 2.24) is 14.9 Å². The van der Waals surface area contributed by atoms with Gasteiger partial charge in [-0.3, -0.25) is 4.90 Å². The lowest BCUT2D eigenvalue weighted by atomic mass is 10.1. The van der Waals surface area contributed by atoms with E-state index in [2.05, 4.69) is 22.1 Å². The quantitative estimate of drug-likeness (QED) is 0.902. The smallest absolute Gasteiger partial charge is 0.411 e. The standard InChI is InChI=1S/C19H23N3O2/c1-19(2,3)24-18(23)22-15-9-13(15)10-16(22)17-20-11-14(21-17)12-7-5-4-6-8-12/h4-8,11,13,15-16H,9-10H2,1-3H3,(H,20,21). The van der Waals surface area contributed by atoms with Gasteiger partial charge in [-0.15, -0.1) is 0 Å². The number of nitrogens with zero attached hydrogens (tertiary/aromatic N) is 2. The van der Waals surface area contributed by atoms with E-state index in [0.29, 0.717) is 12.0 Å². The van der Waals surface area contributed by atoms with E-state index in [-0.39, 0.29) is 12.1 Å². The first kappa shape index (κ1) is 15.2. The lowest BCUT2D eigenvalue weighted by Crippen LogP contribution is -2.38. The summed E-state index contributed by atoms with van der Waals surface area (Å²) in [5.41, 5.74) is 1.60. The molecule has 1 saturated carbocycles. The van der Waals surface area contributed by atoms with Crippen molar-refractivity contribution in [3.63, 3.8) is 0 Å². The van der Waals surface area contributed by atoms with Crippen LogP contribution in [0.2, 0.25) is 0 Å². The number of aromatic nitrogens is 2. The molecule has 0 bridgehead atoms. The van der Waals surface area contributed by atoms with Crippen LogP contribution in [0.15, 0.2) is 36.5 Å². The lowest BCUT2D eigenvalue weighted by Gasteiger charge is -2.29. The molecule has 2 fully saturated rings. The molecule has 0 radical (unpaired) electrons. The van der Waals surface area contributed by atoms with Crippen molar-refractivity contribution in [2.45, 2.75) is 51.3 Å². The van der Waals surface area contributed by atoms with Crippen LogP contribution in [0, 0.1) is 5.92 Å². The Morgan fingerprint density at radius 3 is 2.71 bits per heavy atom. The number of imidazole rings is 1. The summed E-state index contributed by atoms with van der Waals surface area (Å²) in [6.07, 6.45) is 3.67. The monoisotopic (exact) mass is 325 g/mol. The van der Waals surface area contributed by atoms with Gasteiger partial charge in [0.15, 0.2) is 0 Å². The Bertz CT molecular complexity index is 747. The molecule has 3 unspecified atom stereocenters. The Hall–Kier alpha value is -2.30. The van der Waals surface area contributed by atoms with Crippen molar-refractivity contribution in [3.8, 4) is 11.3 Å². The zero-order valence-electron chi connectivity index (χ0n) is 14.3. The third kappa shape index (κ3) is 2.79. The highest BCUT2D eigenvalue weighted by atomic mass is 16.6. The molecule has 3 atom stereocenters. The molecule has 0 spiro atoms. The van der Waals surface area contributed by atoms with Gasteiger partial charge in [0.05, 0.1) is 17.9 Å². The number of hydrogen-bond donors (Lipinski definition) is 1. The minimum absolute atomic E-state index is 0.0129. The zero-order chi connectivity index (χ0) is 16.9. The SMILES string of the molecule is CC(C)(C)OC(=O)N1C(c2ncc(-c3ccccc3)[nH]2)CC2CC21. The summed E-state index contributed by atoms with van der Waals surface area (Å²) in [7, 11) is 0. The van der Waals surface area contributed by atoms with Crippen LogP contribution in [0.5, 0.6) is 0 Å². The summed E-state index contributed by atoms with van der Waals surface area (Å²) in [4.78, 5) is 22.5. The summed E-state index contributed by atoms with van der Waals surface area (Å²) in [5, 5.41) is 0. The van der Waals surface area contributed by atoms with Gasteiger partial charge in [-0.2, -0.15) is 0 Å². The molecule has 5 nitrogen and oxygen atoms in total. The molecule has 2 aromatic rings. The molecule has 2 heterocycles. The first-order chi connectivity index (χ1) is 11.4. The van der Waals surface area contributed by atoms with E-state index in [1.165, 1.54) is 0 Å². The Balaban J connectivity index is 1.57. The Morgan fingerprint density at radius 1 is 1.25 bits per heavy atom. The van der Waals surface area contributed by atoms with E-state index in [4.69, 9.17) is 4.74 Å². The highest BCUT2D eigenvalue weighted by molar-refractivity contribution is 5.70. The molecule has 4 rings (SSSR count). The van der Waals surface area contributed by atoms with Crippen LogP contribution in [-0.2, 0) is 4.74 Å².